The highest BCUT2D eigenvalue weighted by Crippen LogP contribution is 2.23. The molecule has 6 nitrogen and oxygen atoms in total. The molecule has 1 aliphatic heterocycles. The third-order valence-corrected chi connectivity index (χ3v) is 3.24. The summed E-state index contributed by atoms with van der Waals surface area (Å²) in [6.07, 6.45) is 2.07. The van der Waals surface area contributed by atoms with Crippen molar-refractivity contribution in [3.63, 3.8) is 0 Å². The molecule has 0 aliphatic carbocycles. The van der Waals surface area contributed by atoms with Crippen LogP contribution in [0.1, 0.15) is 23.2 Å². The van der Waals surface area contributed by atoms with Crippen LogP contribution in [0.5, 0.6) is 5.75 Å². The molecule has 0 aromatic heterocycles. The highest BCUT2D eigenvalue weighted by atomic mass is 16.5. The van der Waals surface area contributed by atoms with E-state index in [1.807, 2.05) is 0 Å². The standard InChI is InChI=1S/C14H18N2O4/c1-19-14(18)10-4-5-11(15)12(8-10)20-9-13(17)16-6-2-3-7-16/h4-5,8H,2-3,6-7,9,15H2,1H3. The van der Waals surface area contributed by atoms with Gasteiger partial charge in [-0.2, -0.15) is 0 Å². The molecule has 1 aromatic carbocycles. The van der Waals surface area contributed by atoms with Crippen LogP contribution in [-0.2, 0) is 9.53 Å². The van der Waals surface area contributed by atoms with Gasteiger partial charge in [-0.15, -0.1) is 0 Å². The van der Waals surface area contributed by atoms with E-state index in [0.29, 0.717) is 17.0 Å². The third kappa shape index (κ3) is 3.20. The average Bonchev–Trinajstić information content (AvgIpc) is 2.99. The second kappa shape index (κ2) is 6.27. The number of benzene rings is 1. The van der Waals surface area contributed by atoms with Crippen LogP contribution in [0.4, 0.5) is 5.69 Å². The summed E-state index contributed by atoms with van der Waals surface area (Å²) in [5.41, 5.74) is 6.49. The number of rotatable bonds is 4. The summed E-state index contributed by atoms with van der Waals surface area (Å²) >= 11 is 0. The van der Waals surface area contributed by atoms with Crippen LogP contribution >= 0.6 is 0 Å². The lowest BCUT2D eigenvalue weighted by Crippen LogP contribution is -2.32. The van der Waals surface area contributed by atoms with Crippen LogP contribution in [0.3, 0.4) is 0 Å². The molecule has 0 bridgehead atoms. The van der Waals surface area contributed by atoms with Gasteiger partial charge in [-0.1, -0.05) is 0 Å². The summed E-state index contributed by atoms with van der Waals surface area (Å²) in [7, 11) is 1.30. The minimum atomic E-state index is -0.472. The molecule has 1 fully saturated rings. The van der Waals surface area contributed by atoms with E-state index in [9.17, 15) is 9.59 Å². The van der Waals surface area contributed by atoms with Crippen LogP contribution < -0.4 is 10.5 Å². The molecule has 0 atom stereocenters. The summed E-state index contributed by atoms with van der Waals surface area (Å²) in [4.78, 5) is 25.1. The fourth-order valence-corrected chi connectivity index (χ4v) is 2.10. The first-order chi connectivity index (χ1) is 9.61. The van der Waals surface area contributed by atoms with E-state index >= 15 is 0 Å². The van der Waals surface area contributed by atoms with Crippen molar-refractivity contribution in [3.05, 3.63) is 23.8 Å². The zero-order valence-corrected chi connectivity index (χ0v) is 11.4. The number of hydrogen-bond donors (Lipinski definition) is 1. The number of nitrogens with two attached hydrogens (primary N) is 1. The molecule has 0 spiro atoms. The van der Waals surface area contributed by atoms with E-state index in [2.05, 4.69) is 4.74 Å². The van der Waals surface area contributed by atoms with Crippen molar-refractivity contribution in [2.45, 2.75) is 12.8 Å². The van der Waals surface area contributed by atoms with E-state index in [-0.39, 0.29) is 12.5 Å². The molecule has 108 valence electrons. The maximum absolute atomic E-state index is 11.9. The van der Waals surface area contributed by atoms with Crippen molar-refractivity contribution in [2.75, 3.05) is 32.5 Å². The number of anilines is 1. The fraction of sp³-hybridized carbons (Fsp3) is 0.429. The Morgan fingerprint density at radius 1 is 1.30 bits per heavy atom. The molecule has 20 heavy (non-hydrogen) atoms. The van der Waals surface area contributed by atoms with Gasteiger partial charge in [0.1, 0.15) is 5.75 Å². The summed E-state index contributed by atoms with van der Waals surface area (Å²) in [5, 5.41) is 0. The summed E-state index contributed by atoms with van der Waals surface area (Å²) in [5.74, 6) is -0.216. The van der Waals surface area contributed by atoms with Gasteiger partial charge in [-0.3, -0.25) is 4.79 Å². The number of hydrogen-bond acceptors (Lipinski definition) is 5. The van der Waals surface area contributed by atoms with Crippen LogP contribution in [-0.4, -0.2) is 43.6 Å². The Balaban J connectivity index is 2.01. The number of nitrogen functional groups attached to an aromatic ring is 1. The molecule has 0 radical (unpaired) electrons. The fourth-order valence-electron chi connectivity index (χ4n) is 2.10. The lowest BCUT2D eigenvalue weighted by molar-refractivity contribution is -0.132. The Morgan fingerprint density at radius 2 is 2.00 bits per heavy atom. The number of esters is 1. The Morgan fingerprint density at radius 3 is 2.65 bits per heavy atom. The SMILES string of the molecule is COC(=O)c1ccc(N)c(OCC(=O)N2CCCC2)c1. The average molecular weight is 278 g/mol. The first-order valence-electron chi connectivity index (χ1n) is 6.50. The van der Waals surface area contributed by atoms with Gasteiger partial charge in [0.25, 0.3) is 5.91 Å². The van der Waals surface area contributed by atoms with Crippen molar-refractivity contribution in [1.82, 2.24) is 4.90 Å². The van der Waals surface area contributed by atoms with Gasteiger partial charge in [0.05, 0.1) is 18.4 Å². The molecule has 0 unspecified atom stereocenters. The Labute approximate surface area is 117 Å². The second-order valence-corrected chi connectivity index (χ2v) is 4.62. The van der Waals surface area contributed by atoms with Crippen LogP contribution in [0.2, 0.25) is 0 Å². The molecular weight excluding hydrogens is 260 g/mol. The van der Waals surface area contributed by atoms with Crippen LogP contribution in [0.25, 0.3) is 0 Å². The van der Waals surface area contributed by atoms with E-state index in [0.717, 1.165) is 25.9 Å². The molecular formula is C14H18N2O4. The quantitative estimate of drug-likeness (QED) is 0.657. The molecule has 1 amide bonds. The molecule has 1 saturated heterocycles. The van der Waals surface area contributed by atoms with Crippen LogP contribution in [0, 0.1) is 0 Å². The van der Waals surface area contributed by atoms with Gasteiger partial charge in [0.2, 0.25) is 0 Å². The van der Waals surface area contributed by atoms with Crippen molar-refractivity contribution in [2.24, 2.45) is 0 Å². The summed E-state index contributed by atoms with van der Waals surface area (Å²) in [6, 6.07) is 4.59. The van der Waals surface area contributed by atoms with Crippen molar-refractivity contribution >= 4 is 17.6 Å². The smallest absolute Gasteiger partial charge is 0.337 e. The Bertz CT molecular complexity index is 510. The normalized spacial score (nSPS) is 14.2. The van der Waals surface area contributed by atoms with E-state index < -0.39 is 5.97 Å². The zero-order chi connectivity index (χ0) is 14.5. The lowest BCUT2D eigenvalue weighted by Gasteiger charge is -2.16. The topological polar surface area (TPSA) is 81.9 Å². The third-order valence-electron chi connectivity index (χ3n) is 3.24. The Hall–Kier alpha value is -2.24. The minimum absolute atomic E-state index is 0.0645. The number of carbonyl (C=O) groups excluding carboxylic acids is 2. The number of ether oxygens (including phenoxy) is 2. The highest BCUT2D eigenvalue weighted by molar-refractivity contribution is 5.90. The number of likely N-dealkylation sites (tertiary alicyclic amines) is 1. The lowest BCUT2D eigenvalue weighted by atomic mass is 10.2. The van der Waals surface area contributed by atoms with Crippen molar-refractivity contribution < 1.29 is 19.1 Å². The number of amides is 1. The number of nitrogens with zero attached hydrogens (tertiary/aromatic N) is 1. The van der Waals surface area contributed by atoms with Crippen LogP contribution in [0.15, 0.2) is 18.2 Å². The number of carbonyl (C=O) groups is 2. The van der Waals surface area contributed by atoms with Gasteiger partial charge < -0.3 is 20.1 Å². The second-order valence-electron chi connectivity index (χ2n) is 4.62. The molecule has 0 saturated carbocycles. The predicted molar refractivity (Wildman–Crippen MR) is 73.5 cm³/mol. The summed E-state index contributed by atoms with van der Waals surface area (Å²) in [6.45, 7) is 1.48. The zero-order valence-electron chi connectivity index (χ0n) is 11.4. The monoisotopic (exact) mass is 278 g/mol. The highest BCUT2D eigenvalue weighted by Gasteiger charge is 2.18. The summed E-state index contributed by atoms with van der Waals surface area (Å²) < 4.78 is 10.0. The van der Waals surface area contributed by atoms with Gasteiger partial charge in [0.15, 0.2) is 6.61 Å². The molecule has 2 N–H and O–H groups in total. The van der Waals surface area contributed by atoms with Crippen molar-refractivity contribution in [1.29, 1.82) is 0 Å². The Kier molecular flexibility index (Phi) is 4.45. The first-order valence-corrected chi connectivity index (χ1v) is 6.50. The minimum Gasteiger partial charge on any atom is -0.482 e. The predicted octanol–water partition coefficient (Wildman–Crippen LogP) is 1.06. The maximum Gasteiger partial charge on any atom is 0.337 e. The van der Waals surface area contributed by atoms with Gasteiger partial charge in [0, 0.05) is 13.1 Å². The van der Waals surface area contributed by atoms with Gasteiger partial charge >= 0.3 is 5.97 Å². The maximum atomic E-state index is 11.9. The number of methoxy groups -OCH3 is 1. The molecule has 6 heteroatoms. The van der Waals surface area contributed by atoms with E-state index in [1.165, 1.54) is 13.2 Å². The van der Waals surface area contributed by atoms with Crippen molar-refractivity contribution in [3.8, 4) is 5.75 Å². The molecule has 1 heterocycles. The largest absolute Gasteiger partial charge is 0.482 e. The molecule has 1 aromatic rings. The first kappa shape index (κ1) is 14.2. The van der Waals surface area contributed by atoms with E-state index in [1.54, 1.807) is 17.0 Å². The van der Waals surface area contributed by atoms with Gasteiger partial charge in [-0.25, -0.2) is 4.79 Å². The van der Waals surface area contributed by atoms with E-state index in [4.69, 9.17) is 10.5 Å². The molecule has 1 aliphatic rings. The molecule has 2 rings (SSSR count). The van der Waals surface area contributed by atoms with Gasteiger partial charge in [-0.05, 0) is 31.0 Å².